The molecule has 0 spiro atoms. The lowest BCUT2D eigenvalue weighted by molar-refractivity contribution is 0.00578. The number of carbonyl (C=O) groups is 1. The van der Waals surface area contributed by atoms with E-state index in [9.17, 15) is 4.79 Å². The third-order valence-corrected chi connectivity index (χ3v) is 3.52. The lowest BCUT2D eigenvalue weighted by Gasteiger charge is -2.32. The minimum Gasteiger partial charge on any atom is -0.398 e. The van der Waals surface area contributed by atoms with Gasteiger partial charge in [0.25, 0.3) is 5.91 Å². The molecule has 0 atom stereocenters. The fourth-order valence-corrected chi connectivity index (χ4v) is 1.68. The second kappa shape index (κ2) is 4.07. The quantitative estimate of drug-likeness (QED) is 0.772. The summed E-state index contributed by atoms with van der Waals surface area (Å²) in [6, 6.07) is 5.04. The van der Waals surface area contributed by atoms with Crippen LogP contribution in [0.3, 0.4) is 0 Å². The maximum atomic E-state index is 11.1. The van der Waals surface area contributed by atoms with Crippen molar-refractivity contribution >= 4 is 18.6 Å². The average molecular weight is 248 g/mol. The fourth-order valence-electron chi connectivity index (χ4n) is 1.68. The van der Waals surface area contributed by atoms with Crippen molar-refractivity contribution in [1.29, 1.82) is 0 Å². The molecule has 0 saturated carbocycles. The van der Waals surface area contributed by atoms with Gasteiger partial charge in [0.2, 0.25) is 0 Å². The summed E-state index contributed by atoms with van der Waals surface area (Å²) in [5.41, 5.74) is 5.12. The van der Waals surface area contributed by atoms with Crippen LogP contribution < -0.4 is 11.3 Å². The van der Waals surface area contributed by atoms with Crippen molar-refractivity contribution in [1.82, 2.24) is 4.98 Å². The Morgan fingerprint density at radius 3 is 2.28 bits per heavy atom. The van der Waals surface area contributed by atoms with Gasteiger partial charge in [0, 0.05) is 0 Å². The molecule has 1 aromatic heterocycles. The molecule has 0 aromatic carbocycles. The van der Waals surface area contributed by atoms with E-state index in [1.807, 2.05) is 27.7 Å². The molecule has 0 bridgehead atoms. The van der Waals surface area contributed by atoms with Gasteiger partial charge in [-0.15, -0.1) is 0 Å². The Kier molecular flexibility index (Phi) is 2.95. The van der Waals surface area contributed by atoms with Crippen molar-refractivity contribution in [2.24, 2.45) is 5.73 Å². The summed E-state index contributed by atoms with van der Waals surface area (Å²) in [7, 11) is -0.575. The molecular formula is C12H17BN2O3. The summed E-state index contributed by atoms with van der Waals surface area (Å²) in [6.45, 7) is 7.85. The molecule has 1 aliphatic rings. The van der Waals surface area contributed by atoms with Crippen molar-refractivity contribution in [3.8, 4) is 0 Å². The second-order valence-corrected chi connectivity index (χ2v) is 5.40. The van der Waals surface area contributed by atoms with Crippen molar-refractivity contribution < 1.29 is 14.1 Å². The smallest absolute Gasteiger partial charge is 0.398 e. The Morgan fingerprint density at radius 1 is 1.22 bits per heavy atom. The average Bonchev–Trinajstić information content (AvgIpc) is 2.48. The standard InChI is InChI=1S/C12H17BN2O3/c1-11(2)12(3,4)18-13(17-11)9-7-5-6-8(15-9)10(14)16/h5-7H,1-4H3,(H2,14,16). The Balaban J connectivity index is 2.30. The van der Waals surface area contributed by atoms with Gasteiger partial charge in [-0.2, -0.15) is 0 Å². The third-order valence-electron chi connectivity index (χ3n) is 3.52. The molecule has 1 fully saturated rings. The minimum absolute atomic E-state index is 0.210. The molecule has 2 rings (SSSR count). The molecule has 5 nitrogen and oxygen atoms in total. The van der Waals surface area contributed by atoms with Crippen LogP contribution in [-0.4, -0.2) is 29.2 Å². The predicted molar refractivity (Wildman–Crippen MR) is 68.5 cm³/mol. The van der Waals surface area contributed by atoms with E-state index < -0.39 is 24.2 Å². The molecule has 1 aliphatic heterocycles. The van der Waals surface area contributed by atoms with E-state index in [1.165, 1.54) is 0 Å². The van der Waals surface area contributed by atoms with Crippen molar-refractivity contribution in [2.45, 2.75) is 38.9 Å². The van der Waals surface area contributed by atoms with Gasteiger partial charge in [0.1, 0.15) is 5.69 Å². The maximum absolute atomic E-state index is 11.1. The summed E-state index contributed by atoms with van der Waals surface area (Å²) in [6.07, 6.45) is 0. The van der Waals surface area contributed by atoms with Gasteiger partial charge in [0.15, 0.2) is 0 Å². The summed E-state index contributed by atoms with van der Waals surface area (Å²) in [4.78, 5) is 15.3. The topological polar surface area (TPSA) is 74.4 Å². The molecule has 1 aromatic rings. The number of nitrogens with two attached hydrogens (primary N) is 1. The molecule has 0 radical (unpaired) electrons. The minimum atomic E-state index is -0.575. The molecular weight excluding hydrogens is 231 g/mol. The lowest BCUT2D eigenvalue weighted by Crippen LogP contribution is -2.41. The Bertz CT molecular complexity index is 472. The molecule has 6 heteroatoms. The van der Waals surface area contributed by atoms with Crippen LogP contribution in [0.1, 0.15) is 38.2 Å². The predicted octanol–water partition coefficient (Wildman–Crippen LogP) is 0.480. The first-order valence-corrected chi connectivity index (χ1v) is 5.85. The number of hydrogen-bond donors (Lipinski definition) is 1. The molecule has 18 heavy (non-hydrogen) atoms. The van der Waals surface area contributed by atoms with Gasteiger partial charge in [-0.25, -0.2) is 0 Å². The summed E-state index contributed by atoms with van der Waals surface area (Å²) in [5.74, 6) is -0.562. The number of pyridine rings is 1. The lowest BCUT2D eigenvalue weighted by atomic mass is 9.84. The van der Waals surface area contributed by atoms with Gasteiger partial charge in [-0.05, 0) is 39.8 Å². The molecule has 1 amide bonds. The van der Waals surface area contributed by atoms with Crippen LogP contribution in [0.15, 0.2) is 18.2 Å². The largest absolute Gasteiger partial charge is 0.514 e. The zero-order valence-corrected chi connectivity index (χ0v) is 11.1. The monoisotopic (exact) mass is 248 g/mol. The van der Waals surface area contributed by atoms with Gasteiger partial charge < -0.3 is 15.0 Å². The molecule has 96 valence electrons. The van der Waals surface area contributed by atoms with Crippen LogP contribution in [0.2, 0.25) is 0 Å². The first-order chi connectivity index (χ1) is 8.23. The van der Waals surface area contributed by atoms with Crippen LogP contribution in [0.25, 0.3) is 0 Å². The summed E-state index contributed by atoms with van der Waals surface area (Å²) >= 11 is 0. The van der Waals surface area contributed by atoms with E-state index in [1.54, 1.807) is 18.2 Å². The summed E-state index contributed by atoms with van der Waals surface area (Å²) in [5, 5.41) is 0. The highest BCUT2D eigenvalue weighted by molar-refractivity contribution is 6.61. The van der Waals surface area contributed by atoms with Gasteiger partial charge >= 0.3 is 7.12 Å². The molecule has 2 heterocycles. The first-order valence-electron chi connectivity index (χ1n) is 5.85. The van der Waals surface area contributed by atoms with E-state index in [-0.39, 0.29) is 5.69 Å². The second-order valence-electron chi connectivity index (χ2n) is 5.40. The number of primary amides is 1. The Morgan fingerprint density at radius 2 is 1.78 bits per heavy atom. The van der Waals surface area contributed by atoms with E-state index in [0.717, 1.165) is 0 Å². The zero-order valence-electron chi connectivity index (χ0n) is 11.1. The molecule has 1 saturated heterocycles. The number of rotatable bonds is 2. The van der Waals surface area contributed by atoms with Crippen LogP contribution in [0.5, 0.6) is 0 Å². The van der Waals surface area contributed by atoms with Crippen molar-refractivity contribution in [2.75, 3.05) is 0 Å². The number of carbonyl (C=O) groups excluding carboxylic acids is 1. The Hall–Kier alpha value is -1.40. The van der Waals surface area contributed by atoms with Gasteiger partial charge in [-0.3, -0.25) is 9.78 Å². The highest BCUT2D eigenvalue weighted by Gasteiger charge is 2.52. The highest BCUT2D eigenvalue weighted by Crippen LogP contribution is 2.36. The van der Waals surface area contributed by atoms with E-state index >= 15 is 0 Å². The normalized spacial score (nSPS) is 21.0. The van der Waals surface area contributed by atoms with E-state index in [2.05, 4.69) is 4.98 Å². The van der Waals surface area contributed by atoms with E-state index in [0.29, 0.717) is 5.59 Å². The number of hydrogen-bond acceptors (Lipinski definition) is 4. The molecule has 2 N–H and O–H groups in total. The van der Waals surface area contributed by atoms with Crippen LogP contribution in [0.4, 0.5) is 0 Å². The van der Waals surface area contributed by atoms with Gasteiger partial charge in [0.05, 0.1) is 16.8 Å². The third kappa shape index (κ3) is 2.13. The molecule has 0 unspecified atom stereocenters. The SMILES string of the molecule is CC1(C)OB(c2cccc(C(N)=O)n2)OC1(C)C. The Labute approximate surface area is 107 Å². The zero-order chi connectivity index (χ0) is 13.6. The fraction of sp³-hybridized carbons (Fsp3) is 0.500. The number of amides is 1. The highest BCUT2D eigenvalue weighted by atomic mass is 16.7. The van der Waals surface area contributed by atoms with E-state index in [4.69, 9.17) is 15.0 Å². The number of nitrogens with zero attached hydrogens (tertiary/aromatic N) is 1. The van der Waals surface area contributed by atoms with Crippen LogP contribution >= 0.6 is 0 Å². The number of aromatic nitrogens is 1. The van der Waals surface area contributed by atoms with Crippen molar-refractivity contribution in [3.05, 3.63) is 23.9 Å². The van der Waals surface area contributed by atoms with Gasteiger partial charge in [-0.1, -0.05) is 6.07 Å². The van der Waals surface area contributed by atoms with Crippen LogP contribution in [-0.2, 0) is 9.31 Å². The summed E-state index contributed by atoms with van der Waals surface area (Å²) < 4.78 is 11.7. The first kappa shape index (κ1) is 13.0. The van der Waals surface area contributed by atoms with Crippen LogP contribution in [0, 0.1) is 0 Å². The van der Waals surface area contributed by atoms with Crippen molar-refractivity contribution in [3.63, 3.8) is 0 Å². The maximum Gasteiger partial charge on any atom is 0.514 e. The molecule has 0 aliphatic carbocycles.